The molecule has 2 N–H and O–H groups in total. The first-order valence-corrected chi connectivity index (χ1v) is 6.60. The number of amides is 1. The van der Waals surface area contributed by atoms with E-state index in [4.69, 9.17) is 0 Å². The maximum atomic E-state index is 11.6. The third-order valence-corrected chi connectivity index (χ3v) is 4.36. The fourth-order valence-electron chi connectivity index (χ4n) is 1.19. The second-order valence-electron chi connectivity index (χ2n) is 4.81. The Labute approximate surface area is 93.7 Å². The maximum Gasteiger partial charge on any atom is 0.225 e. The SMILES string of the molecule is CC(C)(C)S(=O)CCNC(=O)C1CNC1. The average Bonchev–Trinajstić information content (AvgIpc) is 1.98. The van der Waals surface area contributed by atoms with Crippen molar-refractivity contribution in [3.05, 3.63) is 0 Å². The van der Waals surface area contributed by atoms with Crippen LogP contribution in [0.25, 0.3) is 0 Å². The summed E-state index contributed by atoms with van der Waals surface area (Å²) in [6, 6.07) is 0. The lowest BCUT2D eigenvalue weighted by atomic mass is 10.0. The molecule has 1 fully saturated rings. The lowest BCUT2D eigenvalue weighted by Crippen LogP contribution is -2.51. The van der Waals surface area contributed by atoms with Crippen LogP contribution >= 0.6 is 0 Å². The summed E-state index contributed by atoms with van der Waals surface area (Å²) >= 11 is 0. The molecule has 0 radical (unpaired) electrons. The number of hydrogen-bond acceptors (Lipinski definition) is 3. The van der Waals surface area contributed by atoms with E-state index in [-0.39, 0.29) is 16.6 Å². The van der Waals surface area contributed by atoms with Crippen molar-refractivity contribution in [2.24, 2.45) is 5.92 Å². The van der Waals surface area contributed by atoms with Crippen LogP contribution in [0, 0.1) is 5.92 Å². The van der Waals surface area contributed by atoms with E-state index in [1.807, 2.05) is 20.8 Å². The molecule has 1 heterocycles. The Morgan fingerprint density at radius 2 is 2.07 bits per heavy atom. The van der Waals surface area contributed by atoms with Crippen molar-refractivity contribution in [2.45, 2.75) is 25.5 Å². The van der Waals surface area contributed by atoms with Gasteiger partial charge >= 0.3 is 0 Å². The van der Waals surface area contributed by atoms with Gasteiger partial charge in [-0.2, -0.15) is 0 Å². The normalized spacial score (nSPS) is 19.4. The van der Waals surface area contributed by atoms with Crippen LogP contribution in [0.4, 0.5) is 0 Å². The van der Waals surface area contributed by atoms with Crippen molar-refractivity contribution in [1.82, 2.24) is 10.6 Å². The molecule has 1 aliphatic rings. The fourth-order valence-corrected chi connectivity index (χ4v) is 2.09. The fraction of sp³-hybridized carbons (Fsp3) is 0.900. The predicted molar refractivity (Wildman–Crippen MR) is 62.1 cm³/mol. The third-order valence-electron chi connectivity index (χ3n) is 2.42. The number of carbonyl (C=O) groups is 1. The lowest BCUT2D eigenvalue weighted by Gasteiger charge is -2.26. The molecule has 1 saturated heterocycles. The molecule has 0 spiro atoms. The van der Waals surface area contributed by atoms with Crippen LogP contribution in [0.2, 0.25) is 0 Å². The van der Waals surface area contributed by atoms with Crippen LogP contribution in [0.5, 0.6) is 0 Å². The summed E-state index contributed by atoms with van der Waals surface area (Å²) in [5.74, 6) is 0.739. The number of nitrogens with one attached hydrogen (secondary N) is 2. The molecule has 0 aromatic rings. The molecule has 0 aromatic heterocycles. The van der Waals surface area contributed by atoms with Crippen LogP contribution in [0.3, 0.4) is 0 Å². The summed E-state index contributed by atoms with van der Waals surface area (Å²) < 4.78 is 11.5. The third kappa shape index (κ3) is 3.91. The molecular weight excluding hydrogens is 212 g/mol. The minimum atomic E-state index is -0.881. The molecule has 1 atom stereocenters. The van der Waals surface area contributed by atoms with Crippen molar-refractivity contribution in [3.63, 3.8) is 0 Å². The zero-order chi connectivity index (χ0) is 11.5. The molecule has 5 heteroatoms. The van der Waals surface area contributed by atoms with Crippen molar-refractivity contribution in [3.8, 4) is 0 Å². The molecule has 4 nitrogen and oxygen atoms in total. The Morgan fingerprint density at radius 1 is 1.47 bits per heavy atom. The smallest absolute Gasteiger partial charge is 0.225 e. The Bertz CT molecular complexity index is 257. The van der Waals surface area contributed by atoms with Crippen molar-refractivity contribution >= 4 is 16.7 Å². The van der Waals surface area contributed by atoms with Gasteiger partial charge in [0.15, 0.2) is 0 Å². The van der Waals surface area contributed by atoms with Gasteiger partial charge in [-0.3, -0.25) is 9.00 Å². The summed E-state index contributed by atoms with van der Waals surface area (Å²) in [6.45, 7) is 7.89. The summed E-state index contributed by atoms with van der Waals surface area (Å²) in [5, 5.41) is 5.86. The number of carbonyl (C=O) groups excluding carboxylic acids is 1. The van der Waals surface area contributed by atoms with Crippen LogP contribution in [-0.4, -0.2) is 40.3 Å². The van der Waals surface area contributed by atoms with Gasteiger partial charge < -0.3 is 10.6 Å². The van der Waals surface area contributed by atoms with Crippen LogP contribution in [0.15, 0.2) is 0 Å². The van der Waals surface area contributed by atoms with Gasteiger partial charge in [-0.05, 0) is 20.8 Å². The number of rotatable bonds is 4. The van der Waals surface area contributed by atoms with E-state index in [1.54, 1.807) is 0 Å². The zero-order valence-corrected chi connectivity index (χ0v) is 10.4. The first kappa shape index (κ1) is 12.6. The molecule has 1 aliphatic heterocycles. The summed E-state index contributed by atoms with van der Waals surface area (Å²) in [7, 11) is -0.881. The average molecular weight is 232 g/mol. The van der Waals surface area contributed by atoms with E-state index < -0.39 is 10.8 Å². The van der Waals surface area contributed by atoms with Crippen LogP contribution < -0.4 is 10.6 Å². The summed E-state index contributed by atoms with van der Waals surface area (Å²) in [5.41, 5.74) is 0. The van der Waals surface area contributed by atoms with E-state index in [0.717, 1.165) is 13.1 Å². The lowest BCUT2D eigenvalue weighted by molar-refractivity contribution is -0.126. The Morgan fingerprint density at radius 3 is 2.47 bits per heavy atom. The standard InChI is InChI=1S/C10H20N2O2S/c1-10(2,3)15(14)5-4-12-9(13)8-6-11-7-8/h8,11H,4-7H2,1-3H3,(H,12,13). The molecule has 1 rings (SSSR count). The topological polar surface area (TPSA) is 58.2 Å². The Kier molecular flexibility index (Phi) is 4.28. The highest BCUT2D eigenvalue weighted by molar-refractivity contribution is 7.86. The Balaban J connectivity index is 2.15. The highest BCUT2D eigenvalue weighted by Gasteiger charge is 2.25. The molecule has 0 saturated carbocycles. The predicted octanol–water partition coefficient (Wildman–Crippen LogP) is -0.131. The molecule has 1 amide bonds. The van der Waals surface area contributed by atoms with Gasteiger partial charge in [-0.25, -0.2) is 0 Å². The first-order chi connectivity index (χ1) is 6.91. The van der Waals surface area contributed by atoms with Gasteiger partial charge in [0, 0.05) is 40.9 Å². The van der Waals surface area contributed by atoms with Crippen LogP contribution in [0.1, 0.15) is 20.8 Å². The van der Waals surface area contributed by atoms with Gasteiger partial charge in [-0.1, -0.05) is 0 Å². The highest BCUT2D eigenvalue weighted by atomic mass is 32.2. The molecular formula is C10H20N2O2S. The second kappa shape index (κ2) is 5.07. The van der Waals surface area contributed by atoms with E-state index in [2.05, 4.69) is 10.6 Å². The van der Waals surface area contributed by atoms with E-state index in [9.17, 15) is 9.00 Å². The number of hydrogen-bond donors (Lipinski definition) is 2. The van der Waals surface area contributed by atoms with Gasteiger partial charge in [0.1, 0.15) is 0 Å². The Hall–Kier alpha value is -0.420. The first-order valence-electron chi connectivity index (χ1n) is 5.28. The minimum absolute atomic E-state index is 0.0830. The molecule has 0 aromatic carbocycles. The quantitative estimate of drug-likeness (QED) is 0.710. The van der Waals surface area contributed by atoms with Crippen molar-refractivity contribution in [2.75, 3.05) is 25.4 Å². The molecule has 0 aliphatic carbocycles. The van der Waals surface area contributed by atoms with Crippen molar-refractivity contribution < 1.29 is 9.00 Å². The van der Waals surface area contributed by atoms with Crippen LogP contribution in [-0.2, 0) is 15.6 Å². The van der Waals surface area contributed by atoms with E-state index in [1.165, 1.54) is 0 Å². The van der Waals surface area contributed by atoms with Crippen molar-refractivity contribution in [1.29, 1.82) is 0 Å². The van der Waals surface area contributed by atoms with Gasteiger partial charge in [0.2, 0.25) is 5.91 Å². The molecule has 15 heavy (non-hydrogen) atoms. The minimum Gasteiger partial charge on any atom is -0.355 e. The van der Waals surface area contributed by atoms with E-state index in [0.29, 0.717) is 12.3 Å². The molecule has 0 bridgehead atoms. The second-order valence-corrected chi connectivity index (χ2v) is 7.13. The molecule has 88 valence electrons. The zero-order valence-electron chi connectivity index (χ0n) is 9.63. The van der Waals surface area contributed by atoms with E-state index >= 15 is 0 Å². The van der Waals surface area contributed by atoms with Gasteiger partial charge in [0.25, 0.3) is 0 Å². The summed E-state index contributed by atoms with van der Waals surface area (Å²) in [4.78, 5) is 11.4. The summed E-state index contributed by atoms with van der Waals surface area (Å²) in [6.07, 6.45) is 0. The maximum absolute atomic E-state index is 11.6. The molecule has 1 unspecified atom stereocenters. The monoisotopic (exact) mass is 232 g/mol. The van der Waals surface area contributed by atoms with Gasteiger partial charge in [0.05, 0.1) is 5.92 Å². The van der Waals surface area contributed by atoms with Gasteiger partial charge in [-0.15, -0.1) is 0 Å². The highest BCUT2D eigenvalue weighted by Crippen LogP contribution is 2.10. The largest absolute Gasteiger partial charge is 0.355 e.